The molecule has 0 aromatic heterocycles. The van der Waals surface area contributed by atoms with E-state index in [-0.39, 0.29) is 11.6 Å². The summed E-state index contributed by atoms with van der Waals surface area (Å²) in [6.07, 6.45) is 0. The Balaban J connectivity index is 2.13. The van der Waals surface area contributed by atoms with Crippen LogP contribution in [0.4, 0.5) is 11.4 Å². The minimum absolute atomic E-state index is 0.0519. The lowest BCUT2D eigenvalue weighted by Gasteiger charge is -2.14. The van der Waals surface area contributed by atoms with Crippen molar-refractivity contribution in [3.63, 3.8) is 0 Å². The van der Waals surface area contributed by atoms with Gasteiger partial charge >= 0.3 is 0 Å². The molecule has 0 aliphatic rings. The molecule has 0 saturated carbocycles. The van der Waals surface area contributed by atoms with Crippen LogP contribution in [0.25, 0.3) is 0 Å². The Bertz CT molecular complexity index is 614. The lowest BCUT2D eigenvalue weighted by atomic mass is 10.0. The summed E-state index contributed by atoms with van der Waals surface area (Å²) in [6, 6.07) is 14.7. The number of rotatable bonds is 6. The van der Waals surface area contributed by atoms with E-state index >= 15 is 0 Å². The largest absolute Gasteiger partial charge is 0.497 e. The molecule has 0 spiro atoms. The number of anilines is 1. The molecule has 0 aliphatic carbocycles. The summed E-state index contributed by atoms with van der Waals surface area (Å²) in [5.41, 5.74) is 1.72. The van der Waals surface area contributed by atoms with Gasteiger partial charge in [-0.2, -0.15) is 0 Å². The number of hydrogen-bond donors (Lipinski definition) is 1. The molecule has 0 saturated heterocycles. The van der Waals surface area contributed by atoms with Crippen molar-refractivity contribution in [2.75, 3.05) is 19.0 Å². The molecule has 2 aromatic carbocycles. The average Bonchev–Trinajstić information content (AvgIpc) is 2.52. The number of nitro groups is 1. The van der Waals surface area contributed by atoms with E-state index in [1.54, 1.807) is 12.1 Å². The van der Waals surface area contributed by atoms with Gasteiger partial charge in [-0.3, -0.25) is 10.1 Å². The molecule has 0 aliphatic heterocycles. The van der Waals surface area contributed by atoms with Gasteiger partial charge in [-0.1, -0.05) is 37.3 Å². The molecule has 5 nitrogen and oxygen atoms in total. The first-order chi connectivity index (χ1) is 10.1. The second kappa shape index (κ2) is 6.74. The van der Waals surface area contributed by atoms with Gasteiger partial charge in [-0.15, -0.1) is 0 Å². The predicted molar refractivity (Wildman–Crippen MR) is 83.0 cm³/mol. The first kappa shape index (κ1) is 14.8. The van der Waals surface area contributed by atoms with Crippen molar-refractivity contribution >= 4 is 11.4 Å². The van der Waals surface area contributed by atoms with Crippen molar-refractivity contribution in [2.45, 2.75) is 12.8 Å². The smallest absolute Gasteiger partial charge is 0.292 e. The van der Waals surface area contributed by atoms with Gasteiger partial charge in [0.2, 0.25) is 0 Å². The second-order valence-corrected chi connectivity index (χ2v) is 4.83. The third-order valence-electron chi connectivity index (χ3n) is 3.37. The molecule has 2 aromatic rings. The molecule has 0 bridgehead atoms. The first-order valence-electron chi connectivity index (χ1n) is 6.73. The summed E-state index contributed by atoms with van der Waals surface area (Å²) in [5.74, 6) is 0.840. The fourth-order valence-electron chi connectivity index (χ4n) is 2.11. The summed E-state index contributed by atoms with van der Waals surface area (Å²) >= 11 is 0. The number of nitro benzene ring substituents is 1. The molecule has 1 atom stereocenters. The van der Waals surface area contributed by atoms with Crippen molar-refractivity contribution in [2.24, 2.45) is 0 Å². The van der Waals surface area contributed by atoms with Gasteiger partial charge in [-0.25, -0.2) is 0 Å². The maximum Gasteiger partial charge on any atom is 0.292 e. The van der Waals surface area contributed by atoms with Crippen LogP contribution in [0.2, 0.25) is 0 Å². The first-order valence-corrected chi connectivity index (χ1v) is 6.73. The van der Waals surface area contributed by atoms with Crippen molar-refractivity contribution in [1.29, 1.82) is 0 Å². The van der Waals surface area contributed by atoms with Crippen molar-refractivity contribution in [3.8, 4) is 5.75 Å². The van der Waals surface area contributed by atoms with Gasteiger partial charge in [0.05, 0.1) is 12.0 Å². The van der Waals surface area contributed by atoms with Gasteiger partial charge in [0.25, 0.3) is 5.69 Å². The maximum atomic E-state index is 11.1. The Kier molecular flexibility index (Phi) is 4.77. The van der Waals surface area contributed by atoms with E-state index in [0.29, 0.717) is 18.0 Å². The average molecular weight is 286 g/mol. The minimum Gasteiger partial charge on any atom is -0.497 e. The molecule has 0 fully saturated rings. The highest BCUT2D eigenvalue weighted by Gasteiger charge is 2.15. The van der Waals surface area contributed by atoms with E-state index in [9.17, 15) is 10.1 Å². The molecular formula is C16H18N2O3. The quantitative estimate of drug-likeness (QED) is 0.647. The topological polar surface area (TPSA) is 64.4 Å². The third kappa shape index (κ3) is 3.72. The zero-order valence-electron chi connectivity index (χ0n) is 12.1. The SMILES string of the molecule is COc1ccc([N+](=O)[O-])c(NCC(C)c2ccccc2)c1. The molecule has 5 heteroatoms. The molecule has 2 rings (SSSR count). The van der Waals surface area contributed by atoms with Crippen LogP contribution in [0, 0.1) is 10.1 Å². The highest BCUT2D eigenvalue weighted by molar-refractivity contribution is 5.64. The number of nitrogens with zero attached hydrogens (tertiary/aromatic N) is 1. The maximum absolute atomic E-state index is 11.1. The zero-order valence-corrected chi connectivity index (χ0v) is 12.1. The lowest BCUT2D eigenvalue weighted by Crippen LogP contribution is -2.11. The van der Waals surface area contributed by atoms with E-state index in [1.807, 2.05) is 30.3 Å². The zero-order chi connectivity index (χ0) is 15.2. The predicted octanol–water partition coefficient (Wildman–Crippen LogP) is 3.82. The minimum atomic E-state index is -0.394. The van der Waals surface area contributed by atoms with Crippen molar-refractivity contribution in [1.82, 2.24) is 0 Å². The van der Waals surface area contributed by atoms with E-state index in [2.05, 4.69) is 12.2 Å². The molecule has 110 valence electrons. The molecule has 21 heavy (non-hydrogen) atoms. The molecule has 1 unspecified atom stereocenters. The molecular weight excluding hydrogens is 268 g/mol. The van der Waals surface area contributed by atoms with Crippen LogP contribution in [0.3, 0.4) is 0 Å². The summed E-state index contributed by atoms with van der Waals surface area (Å²) in [7, 11) is 1.54. The van der Waals surface area contributed by atoms with Crippen LogP contribution in [0.1, 0.15) is 18.4 Å². The monoisotopic (exact) mass is 286 g/mol. The number of hydrogen-bond acceptors (Lipinski definition) is 4. The third-order valence-corrected chi connectivity index (χ3v) is 3.37. The van der Waals surface area contributed by atoms with E-state index < -0.39 is 4.92 Å². The van der Waals surface area contributed by atoms with Crippen LogP contribution in [0.5, 0.6) is 5.75 Å². The highest BCUT2D eigenvalue weighted by Crippen LogP contribution is 2.29. The van der Waals surface area contributed by atoms with Crippen LogP contribution >= 0.6 is 0 Å². The number of benzene rings is 2. The number of methoxy groups -OCH3 is 1. The normalized spacial score (nSPS) is 11.7. The van der Waals surface area contributed by atoms with Crippen LogP contribution in [-0.4, -0.2) is 18.6 Å². The van der Waals surface area contributed by atoms with Gasteiger partial charge in [-0.05, 0) is 17.5 Å². The van der Waals surface area contributed by atoms with Gasteiger partial charge < -0.3 is 10.1 Å². The molecule has 0 radical (unpaired) electrons. The summed E-state index contributed by atoms with van der Waals surface area (Å²) < 4.78 is 5.12. The summed E-state index contributed by atoms with van der Waals surface area (Å²) in [4.78, 5) is 10.7. The standard InChI is InChI=1S/C16H18N2O3/c1-12(13-6-4-3-5-7-13)11-17-15-10-14(21-2)8-9-16(15)18(19)20/h3-10,12,17H,11H2,1-2H3. The van der Waals surface area contributed by atoms with Gasteiger partial charge in [0.1, 0.15) is 11.4 Å². The van der Waals surface area contributed by atoms with Crippen molar-refractivity contribution in [3.05, 3.63) is 64.2 Å². The number of nitrogens with one attached hydrogen (secondary N) is 1. The Morgan fingerprint density at radius 1 is 1.24 bits per heavy atom. The Labute approximate surface area is 123 Å². The summed E-state index contributed by atoms with van der Waals surface area (Å²) in [5, 5.41) is 14.2. The lowest BCUT2D eigenvalue weighted by molar-refractivity contribution is -0.384. The van der Waals surface area contributed by atoms with E-state index in [4.69, 9.17) is 4.74 Å². The van der Waals surface area contributed by atoms with E-state index in [1.165, 1.54) is 18.7 Å². The fraction of sp³-hybridized carbons (Fsp3) is 0.250. The Hall–Kier alpha value is -2.56. The van der Waals surface area contributed by atoms with Crippen LogP contribution in [-0.2, 0) is 0 Å². The van der Waals surface area contributed by atoms with E-state index in [0.717, 1.165) is 0 Å². The fourth-order valence-corrected chi connectivity index (χ4v) is 2.11. The van der Waals surface area contributed by atoms with Crippen LogP contribution in [0.15, 0.2) is 48.5 Å². The molecule has 0 amide bonds. The Morgan fingerprint density at radius 3 is 2.57 bits per heavy atom. The van der Waals surface area contributed by atoms with Crippen molar-refractivity contribution < 1.29 is 9.66 Å². The van der Waals surface area contributed by atoms with Gasteiger partial charge in [0, 0.05) is 18.7 Å². The van der Waals surface area contributed by atoms with Crippen LogP contribution < -0.4 is 10.1 Å². The van der Waals surface area contributed by atoms with Gasteiger partial charge in [0.15, 0.2) is 0 Å². The highest BCUT2D eigenvalue weighted by atomic mass is 16.6. The summed E-state index contributed by atoms with van der Waals surface area (Å²) in [6.45, 7) is 2.69. The number of ether oxygens (including phenoxy) is 1. The molecule has 0 heterocycles. The Morgan fingerprint density at radius 2 is 1.95 bits per heavy atom. The second-order valence-electron chi connectivity index (χ2n) is 4.83. The molecule has 1 N–H and O–H groups in total.